The van der Waals surface area contributed by atoms with Crippen molar-refractivity contribution in [2.75, 3.05) is 45.6 Å². The topological polar surface area (TPSA) is 57.2 Å². The SMILES string of the molecule is CN1CCC=C(C2(SCCCN3CCOC3=O)C=NSN2)C1. The normalized spacial score (nSPS) is 29.0. The highest BCUT2D eigenvalue weighted by molar-refractivity contribution is 8.04. The van der Waals surface area contributed by atoms with E-state index in [2.05, 4.69) is 27.1 Å². The fourth-order valence-corrected chi connectivity index (χ4v) is 4.86. The van der Waals surface area contributed by atoms with E-state index in [-0.39, 0.29) is 11.0 Å². The number of amides is 1. The number of thioether (sulfide) groups is 1. The predicted octanol–water partition coefficient (Wildman–Crippen LogP) is 1.76. The summed E-state index contributed by atoms with van der Waals surface area (Å²) in [5.41, 5.74) is 1.39. The Hall–Kier alpha value is -0.700. The van der Waals surface area contributed by atoms with Crippen LogP contribution in [0.25, 0.3) is 0 Å². The van der Waals surface area contributed by atoms with Crippen LogP contribution in [0.1, 0.15) is 12.8 Å². The molecule has 0 aromatic carbocycles. The van der Waals surface area contributed by atoms with Crippen LogP contribution in [0.5, 0.6) is 0 Å². The van der Waals surface area contributed by atoms with Crippen molar-refractivity contribution in [2.45, 2.75) is 17.7 Å². The molecule has 1 saturated heterocycles. The molecule has 1 unspecified atom stereocenters. The van der Waals surface area contributed by atoms with Gasteiger partial charge in [0.25, 0.3) is 0 Å². The van der Waals surface area contributed by atoms with Crippen LogP contribution >= 0.6 is 23.9 Å². The van der Waals surface area contributed by atoms with Crippen LogP contribution in [-0.2, 0) is 4.74 Å². The highest BCUT2D eigenvalue weighted by atomic mass is 32.2. The minimum absolute atomic E-state index is 0.174. The van der Waals surface area contributed by atoms with Crippen LogP contribution in [0.2, 0.25) is 0 Å². The second-order valence-electron chi connectivity index (χ2n) is 5.72. The summed E-state index contributed by atoms with van der Waals surface area (Å²) in [6.45, 7) is 4.11. The van der Waals surface area contributed by atoms with Crippen LogP contribution in [0.3, 0.4) is 0 Å². The number of nitrogens with one attached hydrogen (secondary N) is 1. The van der Waals surface area contributed by atoms with Crippen molar-refractivity contribution in [1.29, 1.82) is 0 Å². The zero-order valence-corrected chi connectivity index (χ0v) is 14.4. The van der Waals surface area contributed by atoms with Gasteiger partial charge >= 0.3 is 6.09 Å². The molecule has 0 radical (unpaired) electrons. The molecule has 122 valence electrons. The number of ether oxygens (including phenoxy) is 1. The Bertz CT molecular complexity index is 485. The van der Waals surface area contributed by atoms with Gasteiger partial charge in [0.1, 0.15) is 11.5 Å². The van der Waals surface area contributed by atoms with Crippen molar-refractivity contribution in [2.24, 2.45) is 4.40 Å². The Morgan fingerprint density at radius 3 is 3.14 bits per heavy atom. The molecule has 1 N–H and O–H groups in total. The molecule has 0 aromatic heterocycles. The van der Waals surface area contributed by atoms with Crippen LogP contribution in [-0.4, -0.2) is 72.6 Å². The molecule has 3 rings (SSSR count). The van der Waals surface area contributed by atoms with Crippen molar-refractivity contribution in [3.8, 4) is 0 Å². The zero-order chi connectivity index (χ0) is 15.4. The van der Waals surface area contributed by atoms with E-state index in [4.69, 9.17) is 4.74 Å². The summed E-state index contributed by atoms with van der Waals surface area (Å²) < 4.78 is 12.7. The Morgan fingerprint density at radius 2 is 2.45 bits per heavy atom. The fraction of sp³-hybridized carbons (Fsp3) is 0.714. The van der Waals surface area contributed by atoms with E-state index in [1.54, 1.807) is 4.90 Å². The van der Waals surface area contributed by atoms with E-state index in [0.717, 1.165) is 44.8 Å². The van der Waals surface area contributed by atoms with Gasteiger partial charge in [0.2, 0.25) is 0 Å². The number of hydrogen-bond donors (Lipinski definition) is 1. The van der Waals surface area contributed by atoms with Gasteiger partial charge in [-0.05, 0) is 31.2 Å². The summed E-state index contributed by atoms with van der Waals surface area (Å²) in [5, 5.41) is 0. The largest absolute Gasteiger partial charge is 0.448 e. The standard InChI is InChI=1S/C14H22N4O2S2/c1-17-5-2-4-12(10-17)14(11-15-22-16-14)21-9-3-6-18-7-8-20-13(18)19/h4,11,16H,2-3,5-10H2,1H3. The first kappa shape index (κ1) is 16.2. The Labute approximate surface area is 140 Å². The molecule has 3 aliphatic rings. The van der Waals surface area contributed by atoms with Crippen LogP contribution in [0, 0.1) is 0 Å². The fourth-order valence-electron chi connectivity index (χ4n) is 2.81. The highest BCUT2D eigenvalue weighted by Gasteiger charge is 2.37. The lowest BCUT2D eigenvalue weighted by Crippen LogP contribution is -2.44. The van der Waals surface area contributed by atoms with Gasteiger partial charge in [-0.15, -0.1) is 11.8 Å². The molecule has 3 aliphatic heterocycles. The third-order valence-corrected chi connectivity index (χ3v) is 6.22. The molecule has 0 aliphatic carbocycles. The Kier molecular flexibility index (Phi) is 5.33. The minimum atomic E-state index is -0.190. The van der Waals surface area contributed by atoms with E-state index in [0.29, 0.717) is 6.61 Å². The number of hydrogen-bond acceptors (Lipinski definition) is 7. The molecular formula is C14H22N4O2S2. The van der Waals surface area contributed by atoms with Gasteiger partial charge in [0, 0.05) is 25.8 Å². The number of cyclic esters (lactones) is 1. The van der Waals surface area contributed by atoms with Crippen molar-refractivity contribution in [3.63, 3.8) is 0 Å². The molecule has 6 nitrogen and oxygen atoms in total. The number of carbonyl (C=O) groups is 1. The summed E-state index contributed by atoms with van der Waals surface area (Å²) in [6.07, 6.45) is 6.25. The lowest BCUT2D eigenvalue weighted by atomic mass is 10.0. The maximum absolute atomic E-state index is 11.4. The van der Waals surface area contributed by atoms with E-state index < -0.39 is 0 Å². The average Bonchev–Trinajstić information content (AvgIpc) is 3.14. The predicted molar refractivity (Wildman–Crippen MR) is 92.1 cm³/mol. The molecule has 1 fully saturated rings. The lowest BCUT2D eigenvalue weighted by molar-refractivity contribution is 0.158. The van der Waals surface area contributed by atoms with Gasteiger partial charge < -0.3 is 14.5 Å². The number of rotatable bonds is 6. The average molecular weight is 342 g/mol. The van der Waals surface area contributed by atoms with E-state index in [1.807, 2.05) is 18.0 Å². The van der Waals surface area contributed by atoms with Crippen molar-refractivity contribution < 1.29 is 9.53 Å². The number of carbonyl (C=O) groups excluding carboxylic acids is 1. The van der Waals surface area contributed by atoms with Crippen molar-refractivity contribution in [3.05, 3.63) is 11.6 Å². The monoisotopic (exact) mass is 342 g/mol. The van der Waals surface area contributed by atoms with Crippen molar-refractivity contribution >= 4 is 36.2 Å². The summed E-state index contributed by atoms with van der Waals surface area (Å²) in [5.74, 6) is 0.977. The van der Waals surface area contributed by atoms with Gasteiger partial charge in [-0.3, -0.25) is 0 Å². The molecule has 0 aromatic rings. The molecule has 8 heteroatoms. The molecule has 1 amide bonds. The molecule has 22 heavy (non-hydrogen) atoms. The lowest BCUT2D eigenvalue weighted by Gasteiger charge is -2.34. The summed E-state index contributed by atoms with van der Waals surface area (Å²) in [7, 11) is 2.16. The van der Waals surface area contributed by atoms with Gasteiger partial charge in [-0.1, -0.05) is 6.08 Å². The quantitative estimate of drug-likeness (QED) is 0.451. The third kappa shape index (κ3) is 3.61. The van der Waals surface area contributed by atoms with E-state index in [1.165, 1.54) is 17.7 Å². The minimum Gasteiger partial charge on any atom is -0.448 e. The molecule has 0 bridgehead atoms. The summed E-state index contributed by atoms with van der Waals surface area (Å²) in [6, 6.07) is 0. The van der Waals surface area contributed by atoms with Gasteiger partial charge in [0.15, 0.2) is 0 Å². The molecule has 3 heterocycles. The summed E-state index contributed by atoms with van der Waals surface area (Å²) >= 11 is 3.28. The second-order valence-corrected chi connectivity index (χ2v) is 7.66. The molecule has 1 atom stereocenters. The van der Waals surface area contributed by atoms with E-state index in [9.17, 15) is 4.79 Å². The Morgan fingerprint density at radius 1 is 1.55 bits per heavy atom. The van der Waals surface area contributed by atoms with Gasteiger partial charge in [-0.25, -0.2) is 13.9 Å². The van der Waals surface area contributed by atoms with E-state index >= 15 is 0 Å². The molecule has 0 saturated carbocycles. The number of nitrogens with zero attached hydrogens (tertiary/aromatic N) is 3. The maximum Gasteiger partial charge on any atom is 0.409 e. The zero-order valence-electron chi connectivity index (χ0n) is 12.8. The van der Waals surface area contributed by atoms with Crippen LogP contribution in [0.4, 0.5) is 4.79 Å². The number of likely N-dealkylation sites (N-methyl/N-ethyl adjacent to an activating group) is 1. The van der Waals surface area contributed by atoms with Gasteiger partial charge in [0.05, 0.1) is 18.7 Å². The van der Waals surface area contributed by atoms with Gasteiger partial charge in [-0.2, -0.15) is 0 Å². The summed E-state index contributed by atoms with van der Waals surface area (Å²) in [4.78, 5) is 15.4. The third-order valence-electron chi connectivity index (χ3n) is 4.05. The first-order valence-corrected chi connectivity index (χ1v) is 9.37. The second kappa shape index (κ2) is 7.25. The molecule has 0 spiro atoms. The smallest absolute Gasteiger partial charge is 0.409 e. The first-order chi connectivity index (χ1) is 10.7. The van der Waals surface area contributed by atoms with Crippen LogP contribution < -0.4 is 4.72 Å². The van der Waals surface area contributed by atoms with Crippen molar-refractivity contribution in [1.82, 2.24) is 14.5 Å². The van der Waals surface area contributed by atoms with Crippen LogP contribution in [0.15, 0.2) is 16.0 Å². The molecular weight excluding hydrogens is 320 g/mol. The highest BCUT2D eigenvalue weighted by Crippen LogP contribution is 2.37. The Balaban J connectivity index is 1.52. The first-order valence-electron chi connectivity index (χ1n) is 7.61. The maximum atomic E-state index is 11.4.